The van der Waals surface area contributed by atoms with Gasteiger partial charge in [-0.05, 0) is 49.6 Å². The summed E-state index contributed by atoms with van der Waals surface area (Å²) in [5.41, 5.74) is -1.58. The number of thioether (sulfide) groups is 1. The lowest BCUT2D eigenvalue weighted by Gasteiger charge is -2.19. The zero-order chi connectivity index (χ0) is 28.8. The van der Waals surface area contributed by atoms with E-state index >= 15 is 0 Å². The van der Waals surface area contributed by atoms with Crippen molar-refractivity contribution in [3.63, 3.8) is 0 Å². The van der Waals surface area contributed by atoms with Crippen molar-refractivity contribution in [3.8, 4) is 6.19 Å². The Kier molecular flexibility index (Phi) is 12.8. The molecule has 0 saturated heterocycles. The number of halogens is 10. The van der Waals surface area contributed by atoms with Gasteiger partial charge in [0.05, 0.1) is 0 Å². The molecule has 3 radical (unpaired) electrons. The number of hydrogen-bond donors (Lipinski definition) is 0. The maximum Gasteiger partial charge on any atom is 0.459 e. The minimum absolute atomic E-state index is 0. The smallest absolute Gasteiger partial charge is 0.254 e. The number of nitrogens with zero attached hydrogens (tertiary/aromatic N) is 4. The number of aromatic nitrogens is 2. The average molecular weight is 593 g/mol. The van der Waals surface area contributed by atoms with E-state index in [1.54, 1.807) is 19.4 Å². The van der Waals surface area contributed by atoms with E-state index in [9.17, 15) is 43.9 Å². The molecule has 0 aliphatic rings. The normalized spacial score (nSPS) is 14.9. The second-order valence-electron chi connectivity index (χ2n) is 7.33. The van der Waals surface area contributed by atoms with E-state index in [-0.39, 0.29) is 18.9 Å². The first-order valence-electron chi connectivity index (χ1n) is 9.90. The Morgan fingerprint density at radius 1 is 0.816 bits per heavy atom. The molecule has 17 heteroatoms. The second-order valence-corrected chi connectivity index (χ2v) is 10.4. The van der Waals surface area contributed by atoms with Crippen LogP contribution in [0.15, 0.2) is 41.0 Å². The summed E-state index contributed by atoms with van der Waals surface area (Å²) in [7, 11) is -0.696. The van der Waals surface area contributed by atoms with Crippen molar-refractivity contribution in [1.82, 2.24) is 9.97 Å². The second kappa shape index (κ2) is 13.6. The number of pyridine rings is 2. The van der Waals surface area contributed by atoms with Gasteiger partial charge in [-0.15, -0.1) is 0 Å². The van der Waals surface area contributed by atoms with Gasteiger partial charge in [0.2, 0.25) is 6.19 Å². The van der Waals surface area contributed by atoms with E-state index in [4.69, 9.17) is 5.26 Å². The van der Waals surface area contributed by atoms with Gasteiger partial charge in [-0.1, -0.05) is 22.8 Å². The van der Waals surface area contributed by atoms with E-state index in [1.165, 1.54) is 17.8 Å². The summed E-state index contributed by atoms with van der Waals surface area (Å²) in [6.07, 6.45) is -4.21. The Morgan fingerprint density at radius 2 is 1.21 bits per heavy atom. The van der Waals surface area contributed by atoms with Crippen LogP contribution >= 0.6 is 11.8 Å². The minimum Gasteiger partial charge on any atom is -0.254 e. The summed E-state index contributed by atoms with van der Waals surface area (Å²) in [6.45, 7) is 3.49. The molecule has 3 unspecified atom stereocenters. The predicted octanol–water partition coefficient (Wildman–Crippen LogP) is 7.49. The zero-order valence-corrected chi connectivity index (χ0v) is 21.7. The number of alkyl halides is 10. The predicted molar refractivity (Wildman–Crippen MR) is 126 cm³/mol. The highest BCUT2D eigenvalue weighted by atomic mass is 32.2. The van der Waals surface area contributed by atoms with Gasteiger partial charge in [0.1, 0.15) is 11.4 Å². The Hall–Kier alpha value is -2.35. The topological polar surface area (TPSA) is 61.9 Å². The third-order valence-electron chi connectivity index (χ3n) is 4.92. The molecule has 0 fully saturated rings. The molecule has 2 aromatic rings. The van der Waals surface area contributed by atoms with E-state index in [1.807, 2.05) is 13.2 Å². The number of rotatable bonds is 6. The first-order chi connectivity index (χ1) is 16.8. The molecule has 0 aliphatic carbocycles. The van der Waals surface area contributed by atoms with Crippen LogP contribution in [0.5, 0.6) is 0 Å². The lowest BCUT2D eigenvalue weighted by atomic mass is 10.1. The maximum absolute atomic E-state index is 13.0. The highest BCUT2D eigenvalue weighted by Gasteiger charge is 2.60. The summed E-state index contributed by atoms with van der Waals surface area (Å²) in [5.74, 6) is -9.90. The van der Waals surface area contributed by atoms with Gasteiger partial charge < -0.3 is 0 Å². The summed E-state index contributed by atoms with van der Waals surface area (Å²) in [4.78, 5) is 6.39. The molecule has 209 valence electrons. The van der Waals surface area contributed by atoms with Gasteiger partial charge >= 0.3 is 24.2 Å². The fraction of sp³-hybridized carbons (Fsp3) is 0.476. The van der Waals surface area contributed by atoms with Crippen molar-refractivity contribution >= 4 is 30.9 Å². The van der Waals surface area contributed by atoms with Gasteiger partial charge in [0.15, 0.2) is 0 Å². The molecule has 2 heterocycles. The molecule has 2 aromatic heterocycles. The molecule has 0 bridgehead atoms. The lowest BCUT2D eigenvalue weighted by Crippen LogP contribution is -2.34. The van der Waals surface area contributed by atoms with Gasteiger partial charge in [-0.25, -0.2) is 0 Å². The Balaban J connectivity index is 0.000000711. The van der Waals surface area contributed by atoms with Crippen LogP contribution in [0.2, 0.25) is 0 Å². The lowest BCUT2D eigenvalue weighted by molar-refractivity contribution is -0.291. The molecule has 0 N–H and O–H groups in total. The number of nitriles is 1. The SMILES string of the molecule is CC(c1ccc(C(F)(F)C(F)(F)F)nc1)S(C)=NC#N.CSC(C)c1ccc(C(F)(F)C(F)(F)F)nc1.[B]. The first-order valence-corrected chi connectivity index (χ1v) is 12.8. The molecule has 3 atom stereocenters. The average Bonchev–Trinajstić information content (AvgIpc) is 2.82. The summed E-state index contributed by atoms with van der Waals surface area (Å²) < 4.78 is 128. The van der Waals surface area contributed by atoms with Crippen molar-refractivity contribution in [2.24, 2.45) is 4.36 Å². The maximum atomic E-state index is 13.0. The van der Waals surface area contributed by atoms with E-state index < -0.39 is 46.3 Å². The monoisotopic (exact) mass is 593 g/mol. The van der Waals surface area contributed by atoms with Gasteiger partial charge in [-0.3, -0.25) is 9.97 Å². The quantitative estimate of drug-likeness (QED) is 0.198. The third-order valence-corrected chi connectivity index (χ3v) is 7.56. The van der Waals surface area contributed by atoms with Crippen molar-refractivity contribution in [2.45, 2.75) is 48.5 Å². The van der Waals surface area contributed by atoms with Gasteiger partial charge in [0, 0.05) is 31.3 Å². The fourth-order valence-electron chi connectivity index (χ4n) is 2.43. The van der Waals surface area contributed by atoms with Crippen molar-refractivity contribution in [1.29, 1.82) is 5.26 Å². The highest BCUT2D eigenvalue weighted by molar-refractivity contribution is 7.98. The zero-order valence-electron chi connectivity index (χ0n) is 20.1. The molecular formula is C21H20BF10N4S2. The molecule has 4 nitrogen and oxygen atoms in total. The molecular weight excluding hydrogens is 573 g/mol. The largest absolute Gasteiger partial charge is 0.459 e. The van der Waals surface area contributed by atoms with Crippen LogP contribution in [0.25, 0.3) is 0 Å². The molecule has 0 amide bonds. The first kappa shape index (κ1) is 35.7. The van der Waals surface area contributed by atoms with Crippen molar-refractivity contribution in [3.05, 3.63) is 59.2 Å². The van der Waals surface area contributed by atoms with Gasteiger partial charge in [-0.2, -0.15) is 65.3 Å². The summed E-state index contributed by atoms with van der Waals surface area (Å²) in [5, 5.41) is 8.12. The highest BCUT2D eigenvalue weighted by Crippen LogP contribution is 2.44. The molecule has 0 aromatic carbocycles. The van der Waals surface area contributed by atoms with E-state index in [0.717, 1.165) is 24.5 Å². The molecule has 2 rings (SSSR count). The Labute approximate surface area is 220 Å². The summed E-state index contributed by atoms with van der Waals surface area (Å²) >= 11 is 1.45. The van der Waals surface area contributed by atoms with Crippen LogP contribution in [-0.4, -0.2) is 43.2 Å². The van der Waals surface area contributed by atoms with Crippen molar-refractivity contribution < 1.29 is 43.9 Å². The standard InChI is InChI=1S/C11H10F5N3S.C10H10F5NS.B/c1-7(20(2)19-6-17)8-3-4-9(18-5-8)10(12,13)11(14,15)16;1-6(17-2)7-3-4-8(16-5-7)9(11,12)10(13,14)15;/h3-5,7H,1-2H3;3-6H,1-2H3;. The van der Waals surface area contributed by atoms with Crippen LogP contribution < -0.4 is 0 Å². The van der Waals surface area contributed by atoms with Gasteiger partial charge in [0.25, 0.3) is 0 Å². The van der Waals surface area contributed by atoms with Crippen LogP contribution in [0.1, 0.15) is 46.9 Å². The molecule has 38 heavy (non-hydrogen) atoms. The molecule has 0 saturated carbocycles. The van der Waals surface area contributed by atoms with Crippen LogP contribution in [-0.2, 0) is 22.5 Å². The third kappa shape index (κ3) is 8.59. The fourth-order valence-corrected chi connectivity index (χ4v) is 3.66. The van der Waals surface area contributed by atoms with Crippen LogP contribution in [0.4, 0.5) is 43.9 Å². The van der Waals surface area contributed by atoms with Crippen LogP contribution in [0, 0.1) is 11.5 Å². The Bertz CT molecular complexity index is 1100. The minimum atomic E-state index is -5.68. The number of hydrogen-bond acceptors (Lipinski definition) is 5. The van der Waals surface area contributed by atoms with E-state index in [2.05, 4.69) is 14.3 Å². The summed E-state index contributed by atoms with van der Waals surface area (Å²) in [6, 6.07) is 3.74. The molecule has 0 spiro atoms. The molecule has 0 aliphatic heterocycles. The Morgan fingerprint density at radius 3 is 1.50 bits per heavy atom. The van der Waals surface area contributed by atoms with Crippen molar-refractivity contribution in [2.75, 3.05) is 12.5 Å². The van der Waals surface area contributed by atoms with E-state index in [0.29, 0.717) is 17.2 Å². The van der Waals surface area contributed by atoms with Crippen LogP contribution in [0.3, 0.4) is 0 Å².